The summed E-state index contributed by atoms with van der Waals surface area (Å²) in [7, 11) is -1.40. The standard InChI is InChI=1S/C22H23N3O5S2/c1-29-18-9-5-8-17(13-18)23-21(26)20(16-6-3-2-4-7-16)31-22-25-24-19(30-22)12-15-10-11-32(27,28)14-15/h2-9,13,15,20H,10-12,14H2,1H3,(H,23,26). The maximum absolute atomic E-state index is 13.1. The molecule has 1 aliphatic rings. The molecule has 2 atom stereocenters. The maximum Gasteiger partial charge on any atom is 0.277 e. The van der Waals surface area contributed by atoms with Crippen LogP contribution in [0.5, 0.6) is 5.75 Å². The van der Waals surface area contributed by atoms with Crippen molar-refractivity contribution in [3.8, 4) is 5.75 Å². The molecule has 0 spiro atoms. The van der Waals surface area contributed by atoms with Crippen molar-refractivity contribution in [2.45, 2.75) is 23.3 Å². The van der Waals surface area contributed by atoms with Gasteiger partial charge < -0.3 is 14.5 Å². The third-order valence-electron chi connectivity index (χ3n) is 5.13. The van der Waals surface area contributed by atoms with E-state index < -0.39 is 15.1 Å². The molecular weight excluding hydrogens is 450 g/mol. The highest BCUT2D eigenvalue weighted by Crippen LogP contribution is 2.36. The Balaban J connectivity index is 1.49. The topological polar surface area (TPSA) is 111 Å². The summed E-state index contributed by atoms with van der Waals surface area (Å²) in [5, 5.41) is 10.7. The molecule has 1 fully saturated rings. The van der Waals surface area contributed by atoms with Crippen molar-refractivity contribution in [2.24, 2.45) is 5.92 Å². The zero-order valence-corrected chi connectivity index (χ0v) is 19.1. The van der Waals surface area contributed by atoms with Gasteiger partial charge in [-0.15, -0.1) is 10.2 Å². The van der Waals surface area contributed by atoms with E-state index in [2.05, 4.69) is 15.5 Å². The Kier molecular flexibility index (Phi) is 6.80. The lowest BCUT2D eigenvalue weighted by Gasteiger charge is -2.15. The minimum atomic E-state index is -2.97. The van der Waals surface area contributed by atoms with Gasteiger partial charge >= 0.3 is 0 Å². The van der Waals surface area contributed by atoms with Crippen LogP contribution in [0.1, 0.15) is 23.1 Å². The van der Waals surface area contributed by atoms with Crippen molar-refractivity contribution in [3.05, 3.63) is 66.1 Å². The zero-order valence-electron chi connectivity index (χ0n) is 17.4. The number of hydrogen-bond donors (Lipinski definition) is 1. The van der Waals surface area contributed by atoms with Crippen molar-refractivity contribution in [2.75, 3.05) is 23.9 Å². The molecule has 0 radical (unpaired) electrons. The number of methoxy groups -OCH3 is 1. The molecule has 1 saturated heterocycles. The molecule has 4 rings (SSSR count). The SMILES string of the molecule is COc1cccc(NC(=O)C(Sc2nnc(CC3CCS(=O)(=O)C3)o2)c2ccccc2)c1. The molecule has 2 heterocycles. The van der Waals surface area contributed by atoms with Gasteiger partial charge in [0.1, 0.15) is 11.0 Å². The van der Waals surface area contributed by atoms with Crippen LogP contribution in [0.3, 0.4) is 0 Å². The fourth-order valence-corrected chi connectivity index (χ4v) is 6.31. The van der Waals surface area contributed by atoms with Crippen LogP contribution in [0.25, 0.3) is 0 Å². The molecule has 2 unspecified atom stereocenters. The minimum Gasteiger partial charge on any atom is -0.497 e. The highest BCUT2D eigenvalue weighted by atomic mass is 32.2. The first-order valence-electron chi connectivity index (χ1n) is 10.1. The molecule has 1 amide bonds. The van der Waals surface area contributed by atoms with Crippen LogP contribution >= 0.6 is 11.8 Å². The summed E-state index contributed by atoms with van der Waals surface area (Å²) in [4.78, 5) is 13.1. The third kappa shape index (κ3) is 5.68. The van der Waals surface area contributed by atoms with E-state index in [0.29, 0.717) is 30.2 Å². The Morgan fingerprint density at radius 2 is 2.03 bits per heavy atom. The smallest absolute Gasteiger partial charge is 0.277 e. The van der Waals surface area contributed by atoms with E-state index in [1.165, 1.54) is 0 Å². The van der Waals surface area contributed by atoms with E-state index in [-0.39, 0.29) is 28.6 Å². The number of nitrogens with one attached hydrogen (secondary N) is 1. The number of carbonyl (C=O) groups excluding carboxylic acids is 1. The molecular formula is C22H23N3O5S2. The number of hydrogen-bond acceptors (Lipinski definition) is 8. The van der Waals surface area contributed by atoms with Crippen LogP contribution in [0.2, 0.25) is 0 Å². The average molecular weight is 474 g/mol. The molecule has 1 N–H and O–H groups in total. The predicted molar refractivity (Wildman–Crippen MR) is 121 cm³/mol. The van der Waals surface area contributed by atoms with E-state index in [1.54, 1.807) is 31.4 Å². The lowest BCUT2D eigenvalue weighted by molar-refractivity contribution is -0.115. The summed E-state index contributed by atoms with van der Waals surface area (Å²) >= 11 is 1.16. The Morgan fingerprint density at radius 1 is 1.22 bits per heavy atom. The second kappa shape index (κ2) is 9.74. The van der Waals surface area contributed by atoms with Gasteiger partial charge in [-0.25, -0.2) is 8.42 Å². The maximum atomic E-state index is 13.1. The number of rotatable bonds is 8. The number of ether oxygens (including phenoxy) is 1. The minimum absolute atomic E-state index is 0.0143. The van der Waals surface area contributed by atoms with Gasteiger partial charge in [0.2, 0.25) is 11.8 Å². The Bertz CT molecular complexity index is 1180. The van der Waals surface area contributed by atoms with Gasteiger partial charge in [-0.1, -0.05) is 36.4 Å². The first kappa shape index (κ1) is 22.3. The number of carbonyl (C=O) groups is 1. The van der Waals surface area contributed by atoms with E-state index in [0.717, 1.165) is 17.3 Å². The van der Waals surface area contributed by atoms with Gasteiger partial charge in [0.05, 0.1) is 18.6 Å². The fourth-order valence-electron chi connectivity index (χ4n) is 3.56. The Morgan fingerprint density at radius 3 is 2.75 bits per heavy atom. The number of anilines is 1. The number of nitrogens with zero attached hydrogens (tertiary/aromatic N) is 2. The predicted octanol–water partition coefficient (Wildman–Crippen LogP) is 3.53. The third-order valence-corrected chi connectivity index (χ3v) is 8.06. The van der Waals surface area contributed by atoms with Crippen molar-refractivity contribution in [1.29, 1.82) is 0 Å². The van der Waals surface area contributed by atoms with Crippen LogP contribution < -0.4 is 10.1 Å². The Labute approximate surface area is 190 Å². The van der Waals surface area contributed by atoms with Gasteiger partial charge in [0.15, 0.2) is 9.84 Å². The van der Waals surface area contributed by atoms with E-state index in [4.69, 9.17) is 9.15 Å². The summed E-state index contributed by atoms with van der Waals surface area (Å²) in [6.45, 7) is 0. The highest BCUT2D eigenvalue weighted by Gasteiger charge is 2.30. The van der Waals surface area contributed by atoms with Gasteiger partial charge in [-0.3, -0.25) is 4.79 Å². The molecule has 32 heavy (non-hydrogen) atoms. The van der Waals surface area contributed by atoms with Crippen LogP contribution in [0.15, 0.2) is 64.2 Å². The van der Waals surface area contributed by atoms with Gasteiger partial charge in [-0.05, 0) is 41.8 Å². The summed E-state index contributed by atoms with van der Waals surface area (Å²) in [5.41, 5.74) is 1.41. The normalized spacial score (nSPS) is 18.2. The average Bonchev–Trinajstić information content (AvgIpc) is 3.37. The number of sulfone groups is 1. The molecule has 168 valence electrons. The second-order valence-electron chi connectivity index (χ2n) is 7.56. The lowest BCUT2D eigenvalue weighted by Crippen LogP contribution is -2.19. The van der Waals surface area contributed by atoms with Crippen molar-refractivity contribution in [3.63, 3.8) is 0 Å². The van der Waals surface area contributed by atoms with Crippen molar-refractivity contribution < 1.29 is 22.4 Å². The number of thioether (sulfide) groups is 1. The quantitative estimate of drug-likeness (QED) is 0.495. The second-order valence-corrected chi connectivity index (χ2v) is 10.8. The summed E-state index contributed by atoms with van der Waals surface area (Å²) in [6.07, 6.45) is 1.02. The molecule has 1 aliphatic heterocycles. The largest absolute Gasteiger partial charge is 0.497 e. The zero-order chi connectivity index (χ0) is 22.6. The van der Waals surface area contributed by atoms with Crippen LogP contribution in [0, 0.1) is 5.92 Å². The van der Waals surface area contributed by atoms with Gasteiger partial charge in [0, 0.05) is 18.2 Å². The van der Waals surface area contributed by atoms with Gasteiger partial charge in [0.25, 0.3) is 5.22 Å². The Hall–Kier alpha value is -2.85. The molecule has 2 aromatic carbocycles. The van der Waals surface area contributed by atoms with Crippen molar-refractivity contribution >= 4 is 33.2 Å². The number of benzene rings is 2. The molecule has 0 saturated carbocycles. The van der Waals surface area contributed by atoms with E-state index in [9.17, 15) is 13.2 Å². The van der Waals surface area contributed by atoms with Crippen LogP contribution in [0.4, 0.5) is 5.69 Å². The summed E-state index contributed by atoms with van der Waals surface area (Å²) in [5.74, 6) is 1.12. The first-order valence-corrected chi connectivity index (χ1v) is 12.8. The monoisotopic (exact) mass is 473 g/mol. The number of aromatic nitrogens is 2. The highest BCUT2D eigenvalue weighted by molar-refractivity contribution is 8.00. The molecule has 1 aromatic heterocycles. The van der Waals surface area contributed by atoms with Crippen molar-refractivity contribution in [1.82, 2.24) is 10.2 Å². The lowest BCUT2D eigenvalue weighted by atomic mass is 10.1. The molecule has 0 aliphatic carbocycles. The molecule has 10 heteroatoms. The first-order chi connectivity index (χ1) is 15.4. The summed E-state index contributed by atoms with van der Waals surface area (Å²) in [6, 6.07) is 16.5. The van der Waals surface area contributed by atoms with E-state index in [1.807, 2.05) is 30.3 Å². The van der Waals surface area contributed by atoms with Crippen LogP contribution in [-0.2, 0) is 21.1 Å². The summed E-state index contributed by atoms with van der Waals surface area (Å²) < 4.78 is 34.3. The molecule has 0 bridgehead atoms. The molecule has 3 aromatic rings. The molecule has 8 nitrogen and oxygen atoms in total. The van der Waals surface area contributed by atoms with E-state index >= 15 is 0 Å². The van der Waals surface area contributed by atoms with Gasteiger partial charge in [-0.2, -0.15) is 0 Å². The fraction of sp³-hybridized carbons (Fsp3) is 0.318. The van der Waals surface area contributed by atoms with Crippen LogP contribution in [-0.4, -0.2) is 43.1 Å². The number of amides is 1.